The first-order chi connectivity index (χ1) is 9.24. The summed E-state index contributed by atoms with van der Waals surface area (Å²) in [6, 6.07) is 0.711. The van der Waals surface area contributed by atoms with Gasteiger partial charge in [-0.15, -0.1) is 0 Å². The van der Waals surface area contributed by atoms with Crippen LogP contribution in [0.4, 0.5) is 0 Å². The summed E-state index contributed by atoms with van der Waals surface area (Å²) >= 11 is 0. The molecule has 19 heavy (non-hydrogen) atoms. The number of piperazine rings is 1. The van der Waals surface area contributed by atoms with Gasteiger partial charge in [-0.3, -0.25) is 4.90 Å². The molecule has 0 atom stereocenters. The minimum Gasteiger partial charge on any atom is -0.382 e. The Balaban J connectivity index is 0.00000154. The lowest BCUT2D eigenvalue weighted by molar-refractivity contribution is 0.105. The predicted molar refractivity (Wildman–Crippen MR) is 84.8 cm³/mol. The van der Waals surface area contributed by atoms with Crippen molar-refractivity contribution in [2.24, 2.45) is 0 Å². The molecular weight excluding hydrogens is 236 g/mol. The van der Waals surface area contributed by atoms with Crippen LogP contribution >= 0.6 is 0 Å². The van der Waals surface area contributed by atoms with Crippen molar-refractivity contribution in [2.45, 2.75) is 59.9 Å². The number of unbranched alkanes of at least 4 members (excludes halogenated alkanes) is 2. The molecule has 0 aliphatic carbocycles. The van der Waals surface area contributed by atoms with E-state index in [2.05, 4.69) is 30.6 Å². The summed E-state index contributed by atoms with van der Waals surface area (Å²) in [6.45, 7) is 18.7. The first kappa shape index (κ1) is 18.9. The average molecular weight is 272 g/mol. The van der Waals surface area contributed by atoms with Crippen LogP contribution in [0.1, 0.15) is 53.9 Å². The Morgan fingerprint density at radius 3 is 2.11 bits per heavy atom. The highest BCUT2D eigenvalue weighted by atomic mass is 16.5. The number of hydrogen-bond donors (Lipinski definition) is 0. The van der Waals surface area contributed by atoms with Gasteiger partial charge in [0.2, 0.25) is 0 Å². The Labute approximate surface area is 121 Å². The van der Waals surface area contributed by atoms with Gasteiger partial charge in [-0.25, -0.2) is 0 Å². The van der Waals surface area contributed by atoms with E-state index in [1.165, 1.54) is 52.0 Å². The summed E-state index contributed by atoms with van der Waals surface area (Å²) in [7, 11) is 0. The topological polar surface area (TPSA) is 15.7 Å². The van der Waals surface area contributed by atoms with Crippen LogP contribution in [0.25, 0.3) is 0 Å². The van der Waals surface area contributed by atoms with Gasteiger partial charge in [0.25, 0.3) is 0 Å². The standard InChI is InChI=1S/C14H30N2O.C2H6/c1-4-17-13-7-5-6-8-15-9-11-16(12-10-15)14(2)3;1-2/h14H,4-13H2,1-3H3;1-2H3. The molecule has 0 aromatic heterocycles. The van der Waals surface area contributed by atoms with E-state index in [0.29, 0.717) is 6.04 Å². The van der Waals surface area contributed by atoms with Gasteiger partial charge in [0, 0.05) is 45.4 Å². The van der Waals surface area contributed by atoms with Crippen molar-refractivity contribution in [3.8, 4) is 0 Å². The minimum atomic E-state index is 0.711. The largest absolute Gasteiger partial charge is 0.382 e. The van der Waals surface area contributed by atoms with Crippen LogP contribution < -0.4 is 0 Å². The molecule has 1 heterocycles. The van der Waals surface area contributed by atoms with Gasteiger partial charge < -0.3 is 9.64 Å². The van der Waals surface area contributed by atoms with Gasteiger partial charge in [-0.1, -0.05) is 13.8 Å². The third kappa shape index (κ3) is 9.42. The second-order valence-electron chi connectivity index (χ2n) is 5.23. The lowest BCUT2D eigenvalue weighted by Crippen LogP contribution is -2.48. The number of rotatable bonds is 8. The maximum absolute atomic E-state index is 5.35. The van der Waals surface area contributed by atoms with Crippen molar-refractivity contribution in [2.75, 3.05) is 45.9 Å². The first-order valence-electron chi connectivity index (χ1n) is 8.28. The van der Waals surface area contributed by atoms with Crippen LogP contribution in [-0.4, -0.2) is 61.8 Å². The molecule has 0 amide bonds. The molecule has 0 radical (unpaired) electrons. The van der Waals surface area contributed by atoms with E-state index in [0.717, 1.165) is 13.2 Å². The molecule has 0 aromatic rings. The summed E-state index contributed by atoms with van der Waals surface area (Å²) in [5, 5.41) is 0. The SMILES string of the molecule is CC.CCOCCCCCN1CCN(C(C)C)CC1. The van der Waals surface area contributed by atoms with Gasteiger partial charge in [-0.2, -0.15) is 0 Å². The van der Waals surface area contributed by atoms with Crippen molar-refractivity contribution in [1.82, 2.24) is 9.80 Å². The van der Waals surface area contributed by atoms with Gasteiger partial charge >= 0.3 is 0 Å². The van der Waals surface area contributed by atoms with E-state index in [1.807, 2.05) is 13.8 Å². The van der Waals surface area contributed by atoms with Crippen molar-refractivity contribution in [3.63, 3.8) is 0 Å². The number of ether oxygens (including phenoxy) is 1. The summed E-state index contributed by atoms with van der Waals surface area (Å²) in [5.41, 5.74) is 0. The summed E-state index contributed by atoms with van der Waals surface area (Å²) < 4.78 is 5.35. The first-order valence-corrected chi connectivity index (χ1v) is 8.28. The van der Waals surface area contributed by atoms with Crippen LogP contribution in [0.2, 0.25) is 0 Å². The second kappa shape index (κ2) is 12.9. The molecular formula is C16H36N2O. The third-order valence-electron chi connectivity index (χ3n) is 3.60. The Morgan fingerprint density at radius 1 is 0.947 bits per heavy atom. The van der Waals surface area contributed by atoms with Crippen LogP contribution in [0.5, 0.6) is 0 Å². The maximum Gasteiger partial charge on any atom is 0.0465 e. The molecule has 0 spiro atoms. The molecule has 1 aliphatic rings. The van der Waals surface area contributed by atoms with E-state index < -0.39 is 0 Å². The van der Waals surface area contributed by atoms with Gasteiger partial charge in [0.05, 0.1) is 0 Å². The maximum atomic E-state index is 5.35. The highest BCUT2D eigenvalue weighted by molar-refractivity contribution is 4.73. The molecule has 116 valence electrons. The molecule has 0 N–H and O–H groups in total. The number of hydrogen-bond acceptors (Lipinski definition) is 3. The lowest BCUT2D eigenvalue weighted by Gasteiger charge is -2.36. The molecule has 0 aromatic carbocycles. The quantitative estimate of drug-likeness (QED) is 0.631. The van der Waals surface area contributed by atoms with Gasteiger partial charge in [-0.05, 0) is 46.6 Å². The van der Waals surface area contributed by atoms with Crippen LogP contribution in [0, 0.1) is 0 Å². The fourth-order valence-corrected chi connectivity index (χ4v) is 2.36. The van der Waals surface area contributed by atoms with E-state index in [9.17, 15) is 0 Å². The Morgan fingerprint density at radius 2 is 1.58 bits per heavy atom. The van der Waals surface area contributed by atoms with Gasteiger partial charge in [0.15, 0.2) is 0 Å². The molecule has 1 aliphatic heterocycles. The third-order valence-corrected chi connectivity index (χ3v) is 3.60. The molecule has 1 fully saturated rings. The molecule has 3 heteroatoms. The fraction of sp³-hybridized carbons (Fsp3) is 1.00. The van der Waals surface area contributed by atoms with E-state index in [4.69, 9.17) is 4.74 Å². The van der Waals surface area contributed by atoms with E-state index >= 15 is 0 Å². The zero-order chi connectivity index (χ0) is 14.5. The van der Waals surface area contributed by atoms with Crippen LogP contribution in [0.3, 0.4) is 0 Å². The predicted octanol–water partition coefficient (Wildman–Crippen LogP) is 3.25. The lowest BCUT2D eigenvalue weighted by atomic mass is 10.2. The monoisotopic (exact) mass is 272 g/mol. The zero-order valence-corrected chi connectivity index (χ0v) is 14.0. The molecule has 0 bridgehead atoms. The molecule has 0 unspecified atom stereocenters. The van der Waals surface area contributed by atoms with Crippen molar-refractivity contribution >= 4 is 0 Å². The molecule has 3 nitrogen and oxygen atoms in total. The summed E-state index contributed by atoms with van der Waals surface area (Å²) in [5.74, 6) is 0. The van der Waals surface area contributed by atoms with E-state index in [-0.39, 0.29) is 0 Å². The second-order valence-corrected chi connectivity index (χ2v) is 5.23. The Hall–Kier alpha value is -0.120. The number of nitrogens with zero attached hydrogens (tertiary/aromatic N) is 2. The van der Waals surface area contributed by atoms with E-state index in [1.54, 1.807) is 0 Å². The average Bonchev–Trinajstić information content (AvgIpc) is 2.45. The highest BCUT2D eigenvalue weighted by Gasteiger charge is 2.17. The minimum absolute atomic E-state index is 0.711. The van der Waals surface area contributed by atoms with Crippen molar-refractivity contribution < 1.29 is 4.74 Å². The molecule has 0 saturated carbocycles. The zero-order valence-electron chi connectivity index (χ0n) is 14.0. The highest BCUT2D eigenvalue weighted by Crippen LogP contribution is 2.07. The van der Waals surface area contributed by atoms with Crippen molar-refractivity contribution in [1.29, 1.82) is 0 Å². The van der Waals surface area contributed by atoms with Crippen molar-refractivity contribution in [3.05, 3.63) is 0 Å². The Bertz CT molecular complexity index is 178. The van der Waals surface area contributed by atoms with Gasteiger partial charge in [0.1, 0.15) is 0 Å². The molecule has 1 rings (SSSR count). The Kier molecular flexibility index (Phi) is 12.8. The summed E-state index contributed by atoms with van der Waals surface area (Å²) in [4.78, 5) is 5.19. The fourth-order valence-electron chi connectivity index (χ4n) is 2.36. The summed E-state index contributed by atoms with van der Waals surface area (Å²) in [6.07, 6.45) is 3.86. The normalized spacial score (nSPS) is 17.4. The van der Waals surface area contributed by atoms with Crippen LogP contribution in [-0.2, 0) is 4.74 Å². The smallest absolute Gasteiger partial charge is 0.0465 e. The molecule has 1 saturated heterocycles. The van der Waals surface area contributed by atoms with Crippen LogP contribution in [0.15, 0.2) is 0 Å².